The predicted octanol–water partition coefficient (Wildman–Crippen LogP) is 10.1. The van der Waals surface area contributed by atoms with Crippen LogP contribution >= 0.6 is 0 Å². The third-order valence-electron chi connectivity index (χ3n) is 9.15. The van der Waals surface area contributed by atoms with Gasteiger partial charge in [-0.1, -0.05) is 48.5 Å². The minimum absolute atomic E-state index is 0.790. The maximum Gasteiger partial charge on any atom is 0.137 e. The quantitative estimate of drug-likeness (QED) is 0.203. The highest BCUT2D eigenvalue weighted by Crippen LogP contribution is 2.39. The molecule has 218 valence electrons. The molecule has 0 fully saturated rings. The maximum atomic E-state index is 6.34. The first-order chi connectivity index (χ1) is 22.8. The van der Waals surface area contributed by atoms with Gasteiger partial charge in [-0.05, 0) is 85.1 Å². The van der Waals surface area contributed by atoms with Gasteiger partial charge in [0.15, 0.2) is 0 Å². The third-order valence-corrected chi connectivity index (χ3v) is 9.15. The van der Waals surface area contributed by atoms with Gasteiger partial charge in [0.1, 0.15) is 39.1 Å². The molecule has 0 aliphatic heterocycles. The number of hydrogen-bond acceptors (Lipinski definition) is 5. The van der Waals surface area contributed by atoms with Crippen molar-refractivity contribution in [1.82, 2.24) is 4.98 Å². The van der Waals surface area contributed by atoms with Crippen molar-refractivity contribution in [3.05, 3.63) is 132 Å². The van der Waals surface area contributed by atoms with E-state index in [-0.39, 0.29) is 0 Å². The fourth-order valence-electron chi connectivity index (χ4n) is 6.93. The number of anilines is 3. The molecule has 0 saturated carbocycles. The van der Waals surface area contributed by atoms with Crippen LogP contribution in [0.15, 0.2) is 135 Å². The number of benzene rings is 5. The molecule has 5 aromatic carbocycles. The molecule has 0 atom stereocenters. The molecule has 5 nitrogen and oxygen atoms in total. The molecule has 1 aliphatic carbocycles. The lowest BCUT2D eigenvalue weighted by Gasteiger charge is -2.24. The molecule has 9 aromatic rings. The Hall–Kier alpha value is -6.07. The number of furan rings is 3. The Balaban J connectivity index is 1.11. The van der Waals surface area contributed by atoms with Crippen molar-refractivity contribution >= 4 is 84.2 Å². The second-order valence-electron chi connectivity index (χ2n) is 11.9. The van der Waals surface area contributed by atoms with Crippen LogP contribution in [0.25, 0.3) is 78.1 Å². The second-order valence-corrected chi connectivity index (χ2v) is 11.9. The minimum Gasteiger partial charge on any atom is -0.456 e. The Morgan fingerprint density at radius 3 is 1.78 bits per heavy atom. The van der Waals surface area contributed by atoms with Crippen molar-refractivity contribution in [3.63, 3.8) is 0 Å². The Morgan fingerprint density at radius 1 is 0.478 bits per heavy atom. The number of nitrogens with zero attached hydrogens (tertiary/aromatic N) is 2. The van der Waals surface area contributed by atoms with Gasteiger partial charge in [0.05, 0.1) is 11.4 Å². The SMILES string of the molecule is C1=c2oc3cc(N(c4ccc5c(c4)oc4ccccc45)c4ccc(-c5ccc6c(c5)oc5ccccc56)cn4)ccc3c2=CCC1. The number of hydrogen-bond donors (Lipinski definition) is 0. The molecule has 5 heteroatoms. The molecule has 0 radical (unpaired) electrons. The van der Waals surface area contributed by atoms with Gasteiger partial charge in [-0.25, -0.2) is 4.98 Å². The van der Waals surface area contributed by atoms with Crippen LogP contribution < -0.4 is 15.5 Å². The summed E-state index contributed by atoms with van der Waals surface area (Å²) >= 11 is 0. The average Bonchev–Trinajstić information content (AvgIpc) is 3.79. The summed E-state index contributed by atoms with van der Waals surface area (Å²) < 4.78 is 18.8. The highest BCUT2D eigenvalue weighted by atomic mass is 16.3. The number of para-hydroxylation sites is 2. The highest BCUT2D eigenvalue weighted by Gasteiger charge is 2.19. The Morgan fingerprint density at radius 2 is 1.07 bits per heavy atom. The molecule has 46 heavy (non-hydrogen) atoms. The third kappa shape index (κ3) is 3.85. The van der Waals surface area contributed by atoms with E-state index in [9.17, 15) is 0 Å². The summed E-state index contributed by atoms with van der Waals surface area (Å²) in [6.45, 7) is 0. The lowest BCUT2D eigenvalue weighted by Crippen LogP contribution is -2.22. The minimum atomic E-state index is 0.790. The van der Waals surface area contributed by atoms with E-state index >= 15 is 0 Å². The summed E-state index contributed by atoms with van der Waals surface area (Å²) in [4.78, 5) is 7.18. The van der Waals surface area contributed by atoms with Crippen LogP contribution in [0.3, 0.4) is 0 Å². The molecule has 1 aliphatic rings. The standard InChI is InChI=1S/C41H26N2O3/c1-4-10-35-29(7-1)32-17-13-25(21-38(32)44-35)26-14-20-41(42-24-26)43(27-15-18-33-30-8-2-5-11-36(30)45-39(33)22-27)28-16-19-34-31-9-3-6-12-37(31)46-40(34)23-28/h1-2,4-5,7-24H,3,6H2. The zero-order chi connectivity index (χ0) is 30.2. The van der Waals surface area contributed by atoms with E-state index in [0.717, 1.165) is 101 Å². The first-order valence-corrected chi connectivity index (χ1v) is 15.6. The molecule has 4 heterocycles. The van der Waals surface area contributed by atoms with E-state index in [4.69, 9.17) is 18.2 Å². The molecule has 0 saturated heterocycles. The summed E-state index contributed by atoms with van der Waals surface area (Å²) in [5, 5.41) is 6.75. The van der Waals surface area contributed by atoms with Crippen molar-refractivity contribution in [1.29, 1.82) is 0 Å². The monoisotopic (exact) mass is 594 g/mol. The predicted molar refractivity (Wildman–Crippen MR) is 186 cm³/mol. The van der Waals surface area contributed by atoms with Gasteiger partial charge in [-0.15, -0.1) is 0 Å². The van der Waals surface area contributed by atoms with Crippen molar-refractivity contribution in [2.75, 3.05) is 4.90 Å². The molecule has 0 amide bonds. The first-order valence-electron chi connectivity index (χ1n) is 15.6. The highest BCUT2D eigenvalue weighted by molar-refractivity contribution is 6.07. The van der Waals surface area contributed by atoms with Crippen LogP contribution in [0, 0.1) is 0 Å². The fraction of sp³-hybridized carbons (Fsp3) is 0.0488. The van der Waals surface area contributed by atoms with E-state index in [1.165, 1.54) is 5.22 Å². The van der Waals surface area contributed by atoms with Crippen LogP contribution in [0.1, 0.15) is 12.8 Å². The van der Waals surface area contributed by atoms with Crippen LogP contribution in [-0.2, 0) is 0 Å². The number of rotatable bonds is 4. The largest absolute Gasteiger partial charge is 0.456 e. The van der Waals surface area contributed by atoms with Crippen molar-refractivity contribution in [3.8, 4) is 11.1 Å². The Labute approximate surface area is 262 Å². The van der Waals surface area contributed by atoms with E-state index in [1.807, 2.05) is 42.6 Å². The molecule has 0 spiro atoms. The lowest BCUT2D eigenvalue weighted by atomic mass is 10.0. The van der Waals surface area contributed by atoms with E-state index < -0.39 is 0 Å². The average molecular weight is 595 g/mol. The van der Waals surface area contributed by atoms with E-state index in [1.54, 1.807) is 0 Å². The molecule has 0 unspecified atom stereocenters. The number of fused-ring (bicyclic) bond motifs is 9. The van der Waals surface area contributed by atoms with Crippen LogP contribution in [0.5, 0.6) is 0 Å². The molecule has 4 aromatic heterocycles. The summed E-state index contributed by atoms with van der Waals surface area (Å²) in [7, 11) is 0. The van der Waals surface area contributed by atoms with Crippen LogP contribution in [0.4, 0.5) is 17.2 Å². The molecular formula is C41H26N2O3. The Kier molecular flexibility index (Phi) is 5.34. The van der Waals surface area contributed by atoms with Crippen LogP contribution in [0.2, 0.25) is 0 Å². The summed E-state index contributed by atoms with van der Waals surface area (Å²) in [6.07, 6.45) is 8.43. The van der Waals surface area contributed by atoms with E-state index in [0.29, 0.717) is 0 Å². The van der Waals surface area contributed by atoms with Crippen LogP contribution in [-0.4, -0.2) is 4.98 Å². The van der Waals surface area contributed by atoms with Crippen molar-refractivity contribution in [2.24, 2.45) is 0 Å². The van der Waals surface area contributed by atoms with Gasteiger partial charge >= 0.3 is 0 Å². The molecule has 0 bridgehead atoms. The van der Waals surface area contributed by atoms with Crippen molar-refractivity contribution < 1.29 is 13.3 Å². The number of pyridine rings is 1. The van der Waals surface area contributed by atoms with Gasteiger partial charge in [-0.2, -0.15) is 0 Å². The maximum absolute atomic E-state index is 6.34. The van der Waals surface area contributed by atoms with E-state index in [2.05, 4.69) is 95.9 Å². The van der Waals surface area contributed by atoms with Crippen molar-refractivity contribution in [2.45, 2.75) is 12.8 Å². The Bertz CT molecular complexity index is 2760. The van der Waals surface area contributed by atoms with Gasteiger partial charge in [0, 0.05) is 56.0 Å². The molecule has 10 rings (SSSR count). The second kappa shape index (κ2) is 9.71. The molecule has 0 N–H and O–H groups in total. The van der Waals surface area contributed by atoms with Gasteiger partial charge in [0.25, 0.3) is 0 Å². The topological polar surface area (TPSA) is 55.6 Å². The van der Waals surface area contributed by atoms with Gasteiger partial charge < -0.3 is 13.3 Å². The summed E-state index contributed by atoms with van der Waals surface area (Å²) in [6, 6.07) is 39.6. The lowest BCUT2D eigenvalue weighted by molar-refractivity contribution is 0.572. The summed E-state index contributed by atoms with van der Waals surface area (Å²) in [5.41, 5.74) is 9.26. The first kappa shape index (κ1) is 25.3. The molecular weight excluding hydrogens is 568 g/mol. The zero-order valence-electron chi connectivity index (χ0n) is 24.7. The normalized spacial score (nSPS) is 13.0. The number of aromatic nitrogens is 1. The van der Waals surface area contributed by atoms with Gasteiger partial charge in [-0.3, -0.25) is 4.90 Å². The zero-order valence-corrected chi connectivity index (χ0v) is 24.7. The smallest absolute Gasteiger partial charge is 0.137 e. The van der Waals surface area contributed by atoms with Gasteiger partial charge in [0.2, 0.25) is 0 Å². The fourth-order valence-corrected chi connectivity index (χ4v) is 6.93. The summed E-state index contributed by atoms with van der Waals surface area (Å²) in [5.74, 6) is 0.790.